The normalized spacial score (nSPS) is 10.8. The van der Waals surface area contributed by atoms with Crippen LogP contribution >= 0.6 is 34.7 Å². The van der Waals surface area contributed by atoms with Crippen LogP contribution in [-0.2, 0) is 6.42 Å². The van der Waals surface area contributed by atoms with E-state index in [4.69, 9.17) is 16.1 Å². The van der Waals surface area contributed by atoms with Crippen LogP contribution in [0.5, 0.6) is 0 Å². The van der Waals surface area contributed by atoms with Gasteiger partial charge in [0.25, 0.3) is 5.91 Å². The number of halogens is 1. The van der Waals surface area contributed by atoms with Crippen molar-refractivity contribution in [2.75, 3.05) is 12.8 Å². The highest BCUT2D eigenvalue weighted by molar-refractivity contribution is 7.98. The van der Waals surface area contributed by atoms with E-state index in [0.29, 0.717) is 36.3 Å². The summed E-state index contributed by atoms with van der Waals surface area (Å²) in [5.74, 6) is 0.807. The van der Waals surface area contributed by atoms with E-state index in [2.05, 4.69) is 25.4 Å². The molecule has 0 aliphatic heterocycles. The Bertz CT molecular complexity index is 853. The van der Waals surface area contributed by atoms with Crippen LogP contribution in [0.1, 0.15) is 22.8 Å². The summed E-state index contributed by atoms with van der Waals surface area (Å²) in [5, 5.41) is 9.43. The number of rotatable bonds is 7. The highest BCUT2D eigenvalue weighted by atomic mass is 35.5. The van der Waals surface area contributed by atoms with Crippen LogP contribution in [0.4, 0.5) is 0 Å². The zero-order chi connectivity index (χ0) is 17.6. The number of carbonyl (C=O) groups is 1. The van der Waals surface area contributed by atoms with Crippen molar-refractivity contribution in [2.45, 2.75) is 18.0 Å². The van der Waals surface area contributed by atoms with Crippen molar-refractivity contribution < 1.29 is 9.32 Å². The van der Waals surface area contributed by atoms with Crippen LogP contribution < -0.4 is 5.32 Å². The number of thioether (sulfide) groups is 1. The molecular weight excluding hydrogens is 382 g/mol. The highest BCUT2D eigenvalue weighted by Crippen LogP contribution is 2.21. The molecule has 0 radical (unpaired) electrons. The molecule has 0 aliphatic rings. The molecule has 130 valence electrons. The number of hydrogen-bond donors (Lipinski definition) is 1. The monoisotopic (exact) mass is 395 g/mol. The lowest BCUT2D eigenvalue weighted by molar-refractivity contribution is 0.0947. The molecule has 3 rings (SSSR count). The minimum Gasteiger partial charge on any atom is -0.351 e. The second-order valence-electron chi connectivity index (χ2n) is 4.90. The fourth-order valence-electron chi connectivity index (χ4n) is 2.00. The Morgan fingerprint density at radius 1 is 1.44 bits per heavy atom. The zero-order valence-corrected chi connectivity index (χ0v) is 15.6. The third-order valence-corrected chi connectivity index (χ3v) is 4.89. The van der Waals surface area contributed by atoms with Crippen molar-refractivity contribution in [3.8, 4) is 10.7 Å². The van der Waals surface area contributed by atoms with Crippen molar-refractivity contribution >= 4 is 40.6 Å². The van der Waals surface area contributed by atoms with Crippen molar-refractivity contribution in [1.82, 2.24) is 25.4 Å². The fourth-order valence-corrected chi connectivity index (χ4v) is 3.16. The summed E-state index contributed by atoms with van der Waals surface area (Å²) in [6, 6.07) is 3.88. The minimum absolute atomic E-state index is 0.179. The van der Waals surface area contributed by atoms with Gasteiger partial charge in [0, 0.05) is 13.0 Å². The maximum Gasteiger partial charge on any atom is 0.271 e. The second-order valence-corrected chi connectivity index (χ2v) is 7.03. The summed E-state index contributed by atoms with van der Waals surface area (Å²) in [6.07, 6.45) is 4.50. The number of nitrogens with zero attached hydrogens (tertiary/aromatic N) is 4. The summed E-state index contributed by atoms with van der Waals surface area (Å²) < 4.78 is 5.22. The van der Waals surface area contributed by atoms with Gasteiger partial charge in [-0.05, 0) is 24.1 Å². The largest absolute Gasteiger partial charge is 0.351 e. The van der Waals surface area contributed by atoms with Gasteiger partial charge in [0.1, 0.15) is 0 Å². The summed E-state index contributed by atoms with van der Waals surface area (Å²) in [5.41, 5.74) is 0.179. The molecule has 3 heterocycles. The molecule has 10 heteroatoms. The Morgan fingerprint density at radius 3 is 3.08 bits per heavy atom. The van der Waals surface area contributed by atoms with E-state index >= 15 is 0 Å². The van der Waals surface area contributed by atoms with Gasteiger partial charge in [-0.2, -0.15) is 4.98 Å². The average Bonchev–Trinajstić information content (AvgIpc) is 3.30. The summed E-state index contributed by atoms with van der Waals surface area (Å²) >= 11 is 8.88. The highest BCUT2D eigenvalue weighted by Gasteiger charge is 2.14. The molecule has 0 aromatic carbocycles. The van der Waals surface area contributed by atoms with Crippen LogP contribution in [0.2, 0.25) is 5.02 Å². The van der Waals surface area contributed by atoms with Gasteiger partial charge in [-0.3, -0.25) is 4.79 Å². The number of hydrogen-bond acceptors (Lipinski definition) is 8. The van der Waals surface area contributed by atoms with Crippen LogP contribution in [0.15, 0.2) is 33.4 Å². The Hall–Kier alpha value is -1.97. The third-order valence-electron chi connectivity index (χ3n) is 3.18. The smallest absolute Gasteiger partial charge is 0.271 e. The molecule has 0 aliphatic carbocycles. The standard InChI is InChI=1S/C15H14ClN5O2S2/c1-24-15-18-8-9(16)12(20-15)14(22)17-6-2-5-11-19-13(21-23-11)10-4-3-7-25-10/h3-4,7-8H,2,5-6H2,1H3,(H,17,22). The van der Waals surface area contributed by atoms with E-state index in [9.17, 15) is 4.79 Å². The predicted octanol–water partition coefficient (Wildman–Crippen LogP) is 3.33. The summed E-state index contributed by atoms with van der Waals surface area (Å²) in [6.45, 7) is 0.449. The Balaban J connectivity index is 1.49. The van der Waals surface area contributed by atoms with Crippen LogP contribution in [0, 0.1) is 0 Å². The molecule has 3 aromatic rings. The van der Waals surface area contributed by atoms with Crippen molar-refractivity contribution in [3.05, 3.63) is 40.3 Å². The van der Waals surface area contributed by atoms with E-state index in [1.165, 1.54) is 18.0 Å². The lowest BCUT2D eigenvalue weighted by atomic mass is 10.3. The first-order valence-corrected chi connectivity index (χ1v) is 9.87. The van der Waals surface area contributed by atoms with Gasteiger partial charge in [-0.1, -0.05) is 34.6 Å². The maximum atomic E-state index is 12.2. The van der Waals surface area contributed by atoms with Gasteiger partial charge in [-0.15, -0.1) is 11.3 Å². The third kappa shape index (κ3) is 4.56. The second kappa shape index (κ2) is 8.41. The van der Waals surface area contributed by atoms with Crippen LogP contribution in [0.3, 0.4) is 0 Å². The molecule has 25 heavy (non-hydrogen) atoms. The molecule has 0 saturated heterocycles. The number of amides is 1. The Morgan fingerprint density at radius 2 is 2.32 bits per heavy atom. The van der Waals surface area contributed by atoms with Crippen molar-refractivity contribution in [2.24, 2.45) is 0 Å². The first kappa shape index (κ1) is 17.8. The molecule has 7 nitrogen and oxygen atoms in total. The van der Waals surface area contributed by atoms with Crippen molar-refractivity contribution in [1.29, 1.82) is 0 Å². The Kier molecular flexibility index (Phi) is 6.00. The summed E-state index contributed by atoms with van der Waals surface area (Å²) in [4.78, 5) is 25.6. The molecule has 0 fully saturated rings. The topological polar surface area (TPSA) is 93.8 Å². The maximum absolute atomic E-state index is 12.2. The molecule has 0 spiro atoms. The van der Waals surface area contributed by atoms with Gasteiger partial charge in [-0.25, -0.2) is 9.97 Å². The SMILES string of the molecule is CSc1ncc(Cl)c(C(=O)NCCCc2nc(-c3cccs3)no2)n1. The molecule has 0 unspecified atom stereocenters. The molecule has 0 bridgehead atoms. The minimum atomic E-state index is -0.326. The first-order valence-electron chi connectivity index (χ1n) is 7.38. The van der Waals surface area contributed by atoms with E-state index in [1.807, 2.05) is 23.8 Å². The van der Waals surface area contributed by atoms with Crippen LogP contribution in [-0.4, -0.2) is 38.8 Å². The van der Waals surface area contributed by atoms with Gasteiger partial charge in [0.05, 0.1) is 16.1 Å². The number of nitrogens with one attached hydrogen (secondary N) is 1. The average molecular weight is 396 g/mol. The molecular formula is C15H14ClN5O2S2. The van der Waals surface area contributed by atoms with Gasteiger partial charge < -0.3 is 9.84 Å². The summed E-state index contributed by atoms with van der Waals surface area (Å²) in [7, 11) is 0. The predicted molar refractivity (Wildman–Crippen MR) is 97.1 cm³/mol. The number of thiophene rings is 1. The van der Waals surface area contributed by atoms with E-state index in [0.717, 1.165) is 4.88 Å². The van der Waals surface area contributed by atoms with Gasteiger partial charge >= 0.3 is 0 Å². The first-order chi connectivity index (χ1) is 12.2. The molecule has 0 atom stereocenters. The lowest BCUT2D eigenvalue weighted by Crippen LogP contribution is -2.26. The number of aryl methyl sites for hydroxylation is 1. The lowest BCUT2D eigenvalue weighted by Gasteiger charge is -2.06. The van der Waals surface area contributed by atoms with Crippen LogP contribution in [0.25, 0.3) is 10.7 Å². The number of carbonyl (C=O) groups excluding carboxylic acids is 1. The van der Waals surface area contributed by atoms with E-state index in [1.54, 1.807) is 11.3 Å². The van der Waals surface area contributed by atoms with Gasteiger partial charge in [0.15, 0.2) is 10.9 Å². The zero-order valence-electron chi connectivity index (χ0n) is 13.2. The van der Waals surface area contributed by atoms with Gasteiger partial charge in [0.2, 0.25) is 11.7 Å². The fraction of sp³-hybridized carbons (Fsp3) is 0.267. The molecule has 1 amide bonds. The van der Waals surface area contributed by atoms with Crippen molar-refractivity contribution in [3.63, 3.8) is 0 Å². The number of aromatic nitrogens is 4. The Labute approximate surface area is 157 Å². The quantitative estimate of drug-likeness (QED) is 0.372. The van der Waals surface area contributed by atoms with E-state index in [-0.39, 0.29) is 16.6 Å². The molecule has 3 aromatic heterocycles. The molecule has 0 saturated carbocycles. The van der Waals surface area contributed by atoms with E-state index < -0.39 is 0 Å². The molecule has 1 N–H and O–H groups in total.